The number of hydrogen-bond acceptors (Lipinski definition) is 3. The van der Waals surface area contributed by atoms with Crippen LogP contribution in [0.2, 0.25) is 0 Å². The fourth-order valence-corrected chi connectivity index (χ4v) is 1.95. The van der Waals surface area contributed by atoms with Crippen molar-refractivity contribution in [2.45, 2.75) is 6.92 Å². The van der Waals surface area contributed by atoms with Gasteiger partial charge >= 0.3 is 5.97 Å². The number of esters is 1. The van der Waals surface area contributed by atoms with Gasteiger partial charge in [-0.1, -0.05) is 36.9 Å². The number of hydrogen-bond donors (Lipinski definition) is 1. The Labute approximate surface area is 110 Å². The Morgan fingerprint density at radius 3 is 2.68 bits per heavy atom. The zero-order valence-electron chi connectivity index (χ0n) is 10.5. The third-order valence-corrected chi connectivity index (χ3v) is 2.68. The largest absolute Gasteiger partial charge is 0.426 e. The fraction of sp³-hybridized carbons (Fsp3) is 0.0667. The molecular weight excluding hydrogens is 242 g/mol. The van der Waals surface area contributed by atoms with E-state index >= 15 is 0 Å². The van der Waals surface area contributed by atoms with Crippen molar-refractivity contribution in [3.05, 3.63) is 48.5 Å². The Hall–Kier alpha value is -2.62. The number of amides is 1. The lowest BCUT2D eigenvalue weighted by atomic mass is 10.0. The SMILES string of the molecule is C=C(NC=O)c1c(OC(C)=O)ccc2ccccc12. The van der Waals surface area contributed by atoms with Gasteiger partial charge in [-0.05, 0) is 16.8 Å². The van der Waals surface area contributed by atoms with Crippen molar-refractivity contribution in [3.8, 4) is 5.75 Å². The lowest BCUT2D eigenvalue weighted by Gasteiger charge is -2.13. The number of nitrogens with one attached hydrogen (secondary N) is 1. The number of rotatable bonds is 4. The highest BCUT2D eigenvalue weighted by molar-refractivity contribution is 5.97. The summed E-state index contributed by atoms with van der Waals surface area (Å²) in [5.41, 5.74) is 1.00. The van der Waals surface area contributed by atoms with Crippen LogP contribution < -0.4 is 10.1 Å². The number of carbonyl (C=O) groups is 2. The van der Waals surface area contributed by atoms with Gasteiger partial charge in [0, 0.05) is 18.2 Å². The molecule has 1 N–H and O–H groups in total. The Morgan fingerprint density at radius 1 is 1.26 bits per heavy atom. The average molecular weight is 255 g/mol. The topological polar surface area (TPSA) is 55.4 Å². The minimum Gasteiger partial charge on any atom is -0.426 e. The van der Waals surface area contributed by atoms with Crippen LogP contribution in [-0.2, 0) is 9.59 Å². The minimum atomic E-state index is -0.421. The highest BCUT2D eigenvalue weighted by Gasteiger charge is 2.13. The van der Waals surface area contributed by atoms with Crippen molar-refractivity contribution < 1.29 is 14.3 Å². The third-order valence-electron chi connectivity index (χ3n) is 2.68. The fourth-order valence-electron chi connectivity index (χ4n) is 1.95. The van der Waals surface area contributed by atoms with E-state index in [9.17, 15) is 9.59 Å². The van der Waals surface area contributed by atoms with Gasteiger partial charge in [-0.15, -0.1) is 0 Å². The third kappa shape index (κ3) is 2.63. The molecule has 0 saturated heterocycles. The molecule has 0 fully saturated rings. The Bertz CT molecular complexity index is 661. The van der Waals surface area contributed by atoms with E-state index in [0.717, 1.165) is 10.8 Å². The molecule has 0 aromatic heterocycles. The van der Waals surface area contributed by atoms with E-state index in [1.807, 2.05) is 30.3 Å². The van der Waals surface area contributed by atoms with Crippen LogP contribution in [0.25, 0.3) is 16.5 Å². The molecule has 4 nitrogen and oxygen atoms in total. The highest BCUT2D eigenvalue weighted by atomic mass is 16.5. The van der Waals surface area contributed by atoms with Gasteiger partial charge in [-0.25, -0.2) is 0 Å². The van der Waals surface area contributed by atoms with Gasteiger partial charge in [-0.2, -0.15) is 0 Å². The predicted octanol–water partition coefficient (Wildman–Crippen LogP) is 2.48. The Balaban J connectivity index is 2.67. The number of fused-ring (bicyclic) bond motifs is 1. The zero-order valence-corrected chi connectivity index (χ0v) is 10.5. The number of benzene rings is 2. The second-order valence-corrected chi connectivity index (χ2v) is 3.99. The summed E-state index contributed by atoms with van der Waals surface area (Å²) in [5, 5.41) is 4.34. The molecule has 4 heteroatoms. The maximum absolute atomic E-state index is 11.1. The summed E-state index contributed by atoms with van der Waals surface area (Å²) in [4.78, 5) is 21.7. The monoisotopic (exact) mass is 255 g/mol. The van der Waals surface area contributed by atoms with Crippen molar-refractivity contribution in [2.24, 2.45) is 0 Å². The molecule has 0 saturated carbocycles. The molecule has 0 spiro atoms. The summed E-state index contributed by atoms with van der Waals surface area (Å²) < 4.78 is 5.17. The van der Waals surface area contributed by atoms with Crippen molar-refractivity contribution in [3.63, 3.8) is 0 Å². The van der Waals surface area contributed by atoms with Crippen molar-refractivity contribution >= 4 is 28.8 Å². The summed E-state index contributed by atoms with van der Waals surface area (Å²) in [5.74, 6) is -0.0408. The molecule has 2 aromatic rings. The molecule has 19 heavy (non-hydrogen) atoms. The molecule has 0 atom stereocenters. The van der Waals surface area contributed by atoms with E-state index in [2.05, 4.69) is 11.9 Å². The molecule has 0 heterocycles. The van der Waals surface area contributed by atoms with Crippen LogP contribution in [0.15, 0.2) is 43.0 Å². The lowest BCUT2D eigenvalue weighted by molar-refractivity contribution is -0.131. The van der Waals surface area contributed by atoms with Crippen LogP contribution in [0.3, 0.4) is 0 Å². The van der Waals surface area contributed by atoms with E-state index in [0.29, 0.717) is 23.4 Å². The predicted molar refractivity (Wildman–Crippen MR) is 73.5 cm³/mol. The number of carbonyl (C=O) groups excluding carboxylic acids is 2. The van der Waals surface area contributed by atoms with E-state index in [4.69, 9.17) is 4.74 Å². The number of ether oxygens (including phenoxy) is 1. The first-order valence-electron chi connectivity index (χ1n) is 5.73. The van der Waals surface area contributed by atoms with Gasteiger partial charge in [0.1, 0.15) is 5.75 Å². The first-order valence-corrected chi connectivity index (χ1v) is 5.73. The molecule has 0 bridgehead atoms. The Morgan fingerprint density at radius 2 is 2.00 bits per heavy atom. The molecule has 2 aromatic carbocycles. The molecule has 0 aliphatic rings. The molecule has 0 unspecified atom stereocenters. The first-order chi connectivity index (χ1) is 9.13. The van der Waals surface area contributed by atoms with Gasteiger partial charge in [0.05, 0.1) is 0 Å². The lowest BCUT2D eigenvalue weighted by Crippen LogP contribution is -2.11. The molecule has 0 radical (unpaired) electrons. The smallest absolute Gasteiger partial charge is 0.308 e. The molecule has 0 aliphatic carbocycles. The molecule has 2 rings (SSSR count). The van der Waals surface area contributed by atoms with Crippen LogP contribution >= 0.6 is 0 Å². The quantitative estimate of drug-likeness (QED) is 0.518. The highest BCUT2D eigenvalue weighted by Crippen LogP contribution is 2.32. The van der Waals surface area contributed by atoms with E-state index in [1.165, 1.54) is 6.92 Å². The Kier molecular flexibility index (Phi) is 3.61. The summed E-state index contributed by atoms with van der Waals surface area (Å²) in [6.07, 6.45) is 0.543. The van der Waals surface area contributed by atoms with Crippen LogP contribution in [-0.4, -0.2) is 12.4 Å². The van der Waals surface area contributed by atoms with Gasteiger partial charge in [0.15, 0.2) is 0 Å². The molecular formula is C15H13NO3. The van der Waals surface area contributed by atoms with Gasteiger partial charge in [-0.3, -0.25) is 9.59 Å². The van der Waals surface area contributed by atoms with Crippen LogP contribution in [0.1, 0.15) is 12.5 Å². The molecule has 1 amide bonds. The van der Waals surface area contributed by atoms with E-state index < -0.39 is 5.97 Å². The van der Waals surface area contributed by atoms with Crippen LogP contribution in [0, 0.1) is 0 Å². The summed E-state index contributed by atoms with van der Waals surface area (Å²) in [7, 11) is 0. The zero-order chi connectivity index (χ0) is 13.8. The van der Waals surface area contributed by atoms with E-state index in [1.54, 1.807) is 6.07 Å². The first kappa shape index (κ1) is 12.8. The van der Waals surface area contributed by atoms with Crippen molar-refractivity contribution in [1.82, 2.24) is 5.32 Å². The van der Waals surface area contributed by atoms with Crippen LogP contribution in [0.4, 0.5) is 0 Å². The maximum Gasteiger partial charge on any atom is 0.308 e. The minimum absolute atomic E-state index is 0.380. The molecule has 0 aliphatic heterocycles. The standard InChI is InChI=1S/C15H13NO3/c1-10(16-9-17)15-13-6-4-3-5-12(13)7-8-14(15)19-11(2)18/h3-9H,1H2,2H3,(H,16,17). The second kappa shape index (κ2) is 5.35. The molecule has 96 valence electrons. The summed E-state index contributed by atoms with van der Waals surface area (Å²) >= 11 is 0. The van der Waals surface area contributed by atoms with Crippen molar-refractivity contribution in [2.75, 3.05) is 0 Å². The average Bonchev–Trinajstić information content (AvgIpc) is 2.38. The van der Waals surface area contributed by atoms with Gasteiger partial charge in [0.25, 0.3) is 0 Å². The van der Waals surface area contributed by atoms with E-state index in [-0.39, 0.29) is 0 Å². The van der Waals surface area contributed by atoms with Crippen molar-refractivity contribution in [1.29, 1.82) is 0 Å². The second-order valence-electron chi connectivity index (χ2n) is 3.99. The van der Waals surface area contributed by atoms with Gasteiger partial charge < -0.3 is 10.1 Å². The van der Waals surface area contributed by atoms with Crippen LogP contribution in [0.5, 0.6) is 5.75 Å². The maximum atomic E-state index is 11.1. The normalized spacial score (nSPS) is 9.95. The summed E-state index contributed by atoms with van der Waals surface area (Å²) in [6.45, 7) is 5.13. The summed E-state index contributed by atoms with van der Waals surface area (Å²) in [6, 6.07) is 11.1. The van der Waals surface area contributed by atoms with Gasteiger partial charge in [0.2, 0.25) is 6.41 Å².